The molecule has 5 nitrogen and oxygen atoms in total. The number of hydrogen-bond acceptors (Lipinski definition) is 2. The molecular weight excluding hydrogens is 287 g/mol. The van der Waals surface area contributed by atoms with Crippen LogP contribution < -0.4 is 5.32 Å². The molecule has 0 aliphatic carbocycles. The molecule has 1 heterocycles. The van der Waals surface area contributed by atoms with Crippen molar-refractivity contribution in [2.24, 2.45) is 5.92 Å². The van der Waals surface area contributed by atoms with Crippen molar-refractivity contribution in [3.8, 4) is 0 Å². The Morgan fingerprint density at radius 3 is 2.90 bits per heavy atom. The van der Waals surface area contributed by atoms with Gasteiger partial charge >= 0.3 is 12.0 Å². The van der Waals surface area contributed by atoms with E-state index >= 15 is 0 Å². The lowest BCUT2D eigenvalue weighted by molar-refractivity contribution is -0.143. The van der Waals surface area contributed by atoms with Gasteiger partial charge in [0.15, 0.2) is 0 Å². The predicted molar refractivity (Wildman–Crippen MR) is 72.4 cm³/mol. The number of benzene rings is 1. The second-order valence-corrected chi connectivity index (χ2v) is 5.08. The van der Waals surface area contributed by atoms with Crippen LogP contribution in [0.15, 0.2) is 18.2 Å². The highest BCUT2D eigenvalue weighted by molar-refractivity contribution is 6.33. The highest BCUT2D eigenvalue weighted by Crippen LogP contribution is 2.24. The number of likely N-dealkylation sites (tertiary alicyclic amines) is 1. The van der Waals surface area contributed by atoms with E-state index in [-0.39, 0.29) is 17.3 Å². The van der Waals surface area contributed by atoms with Crippen molar-refractivity contribution in [2.45, 2.75) is 12.8 Å². The summed E-state index contributed by atoms with van der Waals surface area (Å²) in [5.41, 5.74) is 0.175. The summed E-state index contributed by atoms with van der Waals surface area (Å²) < 4.78 is 13.1. The summed E-state index contributed by atoms with van der Waals surface area (Å²) in [6, 6.07) is 3.20. The van der Waals surface area contributed by atoms with Crippen LogP contribution in [0.1, 0.15) is 12.8 Å². The van der Waals surface area contributed by atoms with Crippen LogP contribution in [0.2, 0.25) is 5.02 Å². The van der Waals surface area contributed by atoms with Crippen molar-refractivity contribution in [1.29, 1.82) is 0 Å². The van der Waals surface area contributed by atoms with Gasteiger partial charge in [-0.05, 0) is 31.0 Å². The van der Waals surface area contributed by atoms with Crippen LogP contribution in [0.25, 0.3) is 0 Å². The van der Waals surface area contributed by atoms with Gasteiger partial charge in [-0.2, -0.15) is 0 Å². The van der Waals surface area contributed by atoms with E-state index in [9.17, 15) is 14.0 Å². The first-order chi connectivity index (χ1) is 9.47. The van der Waals surface area contributed by atoms with Gasteiger partial charge in [0.1, 0.15) is 5.82 Å². The van der Waals surface area contributed by atoms with E-state index in [2.05, 4.69) is 5.32 Å². The third-order valence-corrected chi connectivity index (χ3v) is 3.56. The summed E-state index contributed by atoms with van der Waals surface area (Å²) in [5.74, 6) is -1.98. The van der Waals surface area contributed by atoms with Crippen LogP contribution >= 0.6 is 11.6 Å². The maximum Gasteiger partial charge on any atom is 0.321 e. The lowest BCUT2D eigenvalue weighted by atomic mass is 9.99. The minimum atomic E-state index is -0.911. The Hall–Kier alpha value is -1.82. The highest BCUT2D eigenvalue weighted by Gasteiger charge is 2.28. The van der Waals surface area contributed by atoms with Crippen molar-refractivity contribution in [1.82, 2.24) is 4.90 Å². The highest BCUT2D eigenvalue weighted by atomic mass is 35.5. The SMILES string of the molecule is O=C(O)[C@H]1CCCN(C(=O)Nc2cc(F)ccc2Cl)C1. The first-order valence-electron chi connectivity index (χ1n) is 6.21. The molecule has 2 N–H and O–H groups in total. The van der Waals surface area contributed by atoms with Gasteiger partial charge in [-0.15, -0.1) is 0 Å². The monoisotopic (exact) mass is 300 g/mol. The molecule has 0 aromatic heterocycles. The van der Waals surface area contributed by atoms with Crippen molar-refractivity contribution in [2.75, 3.05) is 18.4 Å². The Labute approximate surface area is 120 Å². The molecule has 1 aliphatic rings. The molecule has 1 fully saturated rings. The normalized spacial score (nSPS) is 18.7. The number of nitrogens with one attached hydrogen (secondary N) is 1. The number of carboxylic acid groups (broad SMARTS) is 1. The lowest BCUT2D eigenvalue weighted by Crippen LogP contribution is -2.44. The molecule has 2 rings (SSSR count). The van der Waals surface area contributed by atoms with Crippen LogP contribution in [0.5, 0.6) is 0 Å². The average molecular weight is 301 g/mol. The van der Waals surface area contributed by atoms with Crippen LogP contribution in [-0.4, -0.2) is 35.1 Å². The number of aliphatic carboxylic acids is 1. The Bertz CT molecular complexity index is 538. The van der Waals surface area contributed by atoms with Gasteiger partial charge in [-0.1, -0.05) is 11.6 Å². The first kappa shape index (κ1) is 14.6. The minimum Gasteiger partial charge on any atom is -0.481 e. The summed E-state index contributed by atoms with van der Waals surface area (Å²) in [6.45, 7) is 0.622. The molecule has 1 aliphatic heterocycles. The van der Waals surface area contributed by atoms with Crippen LogP contribution in [-0.2, 0) is 4.79 Å². The second-order valence-electron chi connectivity index (χ2n) is 4.68. The van der Waals surface area contributed by atoms with E-state index in [1.165, 1.54) is 17.0 Å². The van der Waals surface area contributed by atoms with Crippen LogP contribution in [0.4, 0.5) is 14.9 Å². The average Bonchev–Trinajstić information content (AvgIpc) is 2.43. The fraction of sp³-hybridized carbons (Fsp3) is 0.385. The molecule has 1 atom stereocenters. The molecule has 0 radical (unpaired) electrons. The lowest BCUT2D eigenvalue weighted by Gasteiger charge is -2.30. The van der Waals surface area contributed by atoms with Gasteiger partial charge in [-0.25, -0.2) is 9.18 Å². The Morgan fingerprint density at radius 2 is 2.20 bits per heavy atom. The fourth-order valence-corrected chi connectivity index (χ4v) is 2.32. The van der Waals surface area contributed by atoms with E-state index in [1.54, 1.807) is 0 Å². The molecule has 1 aromatic carbocycles. The summed E-state index contributed by atoms with van der Waals surface area (Å²) >= 11 is 5.86. The molecule has 1 saturated heterocycles. The number of carbonyl (C=O) groups is 2. The van der Waals surface area contributed by atoms with E-state index < -0.39 is 23.7 Å². The number of amides is 2. The van der Waals surface area contributed by atoms with Gasteiger partial charge in [-0.3, -0.25) is 4.79 Å². The van der Waals surface area contributed by atoms with E-state index in [1.807, 2.05) is 0 Å². The predicted octanol–water partition coefficient (Wildman–Crippen LogP) is 2.81. The summed E-state index contributed by atoms with van der Waals surface area (Å²) in [5, 5.41) is 11.7. The molecule has 0 unspecified atom stereocenters. The summed E-state index contributed by atoms with van der Waals surface area (Å²) in [7, 11) is 0. The number of hydrogen-bond donors (Lipinski definition) is 2. The second kappa shape index (κ2) is 6.09. The number of anilines is 1. The maximum atomic E-state index is 13.1. The van der Waals surface area contributed by atoms with Crippen molar-refractivity contribution >= 4 is 29.3 Å². The minimum absolute atomic E-state index is 0.147. The Balaban J connectivity index is 2.04. The zero-order chi connectivity index (χ0) is 14.7. The number of carbonyl (C=O) groups excluding carboxylic acids is 1. The molecule has 0 bridgehead atoms. The molecule has 2 amide bonds. The van der Waals surface area contributed by atoms with Crippen LogP contribution in [0, 0.1) is 11.7 Å². The van der Waals surface area contributed by atoms with Gasteiger partial charge in [0.25, 0.3) is 0 Å². The smallest absolute Gasteiger partial charge is 0.321 e. The first-order valence-corrected chi connectivity index (χ1v) is 6.59. The van der Waals surface area contributed by atoms with E-state index in [0.29, 0.717) is 19.4 Å². The zero-order valence-corrected chi connectivity index (χ0v) is 11.4. The van der Waals surface area contributed by atoms with Gasteiger partial charge in [0.2, 0.25) is 0 Å². The number of halogens is 2. The number of rotatable bonds is 2. The molecule has 0 saturated carbocycles. The molecule has 20 heavy (non-hydrogen) atoms. The molecule has 1 aromatic rings. The molecule has 108 valence electrons. The van der Waals surface area contributed by atoms with E-state index in [0.717, 1.165) is 6.07 Å². The van der Waals surface area contributed by atoms with Crippen LogP contribution in [0.3, 0.4) is 0 Å². The summed E-state index contributed by atoms with van der Waals surface area (Å²) in [6.07, 6.45) is 1.18. The molecule has 0 spiro atoms. The Morgan fingerprint density at radius 1 is 1.45 bits per heavy atom. The molecule has 7 heteroatoms. The number of piperidine rings is 1. The topological polar surface area (TPSA) is 69.6 Å². The quantitative estimate of drug-likeness (QED) is 0.882. The van der Waals surface area contributed by atoms with Gasteiger partial charge in [0, 0.05) is 13.1 Å². The maximum absolute atomic E-state index is 13.1. The van der Waals surface area contributed by atoms with Crippen molar-refractivity contribution in [3.05, 3.63) is 29.0 Å². The van der Waals surface area contributed by atoms with Crippen molar-refractivity contribution < 1.29 is 19.1 Å². The van der Waals surface area contributed by atoms with Gasteiger partial charge < -0.3 is 15.3 Å². The van der Waals surface area contributed by atoms with Crippen molar-refractivity contribution in [3.63, 3.8) is 0 Å². The zero-order valence-electron chi connectivity index (χ0n) is 10.6. The largest absolute Gasteiger partial charge is 0.481 e. The standard InChI is InChI=1S/C13H14ClFN2O3/c14-10-4-3-9(15)6-11(10)16-13(20)17-5-1-2-8(7-17)12(18)19/h3-4,6,8H,1-2,5,7H2,(H,16,20)(H,18,19)/t8-/m0/s1. The summed E-state index contributed by atoms with van der Waals surface area (Å²) in [4.78, 5) is 24.4. The number of nitrogens with zero attached hydrogens (tertiary/aromatic N) is 1. The number of urea groups is 1. The number of carboxylic acids is 1. The molecular formula is C13H14ClFN2O3. The Kier molecular flexibility index (Phi) is 4.44. The third kappa shape index (κ3) is 3.39. The van der Waals surface area contributed by atoms with E-state index in [4.69, 9.17) is 16.7 Å². The van der Waals surface area contributed by atoms with Gasteiger partial charge in [0.05, 0.1) is 16.6 Å². The fourth-order valence-electron chi connectivity index (χ4n) is 2.15. The third-order valence-electron chi connectivity index (χ3n) is 3.23.